The number of hydrazone groups is 1. The van der Waals surface area contributed by atoms with Gasteiger partial charge in [-0.25, -0.2) is 4.98 Å². The fourth-order valence-electron chi connectivity index (χ4n) is 2.24. The molecular formula is C19H15ClN4OS. The average Bonchev–Trinajstić information content (AvgIpc) is 3.13. The van der Waals surface area contributed by atoms with Gasteiger partial charge in [-0.3, -0.25) is 5.43 Å². The number of hydrogen-bond donors (Lipinski definition) is 1. The zero-order chi connectivity index (χ0) is 18.5. The molecular weight excluding hydrogens is 368 g/mol. The van der Waals surface area contributed by atoms with Crippen molar-refractivity contribution in [3.8, 4) is 23.1 Å². The van der Waals surface area contributed by atoms with Gasteiger partial charge < -0.3 is 4.74 Å². The highest BCUT2D eigenvalue weighted by atomic mass is 35.5. The highest BCUT2D eigenvalue weighted by Crippen LogP contribution is 2.28. The molecule has 5 nitrogen and oxygen atoms in total. The van der Waals surface area contributed by atoms with Gasteiger partial charge in [0.2, 0.25) is 0 Å². The van der Waals surface area contributed by atoms with Crippen molar-refractivity contribution in [2.45, 2.75) is 6.92 Å². The van der Waals surface area contributed by atoms with E-state index in [0.29, 0.717) is 21.5 Å². The van der Waals surface area contributed by atoms with Crippen LogP contribution >= 0.6 is 22.9 Å². The fraction of sp³-hybridized carbons (Fsp3) is 0.105. The number of rotatable bonds is 5. The minimum atomic E-state index is 0.190. The van der Waals surface area contributed by atoms with Crippen LogP contribution in [0.3, 0.4) is 0 Å². The number of halogens is 1. The molecule has 1 aromatic heterocycles. The Morgan fingerprint density at radius 1 is 1.27 bits per heavy atom. The van der Waals surface area contributed by atoms with Crippen molar-refractivity contribution in [1.29, 1.82) is 5.26 Å². The first-order valence-corrected chi connectivity index (χ1v) is 8.96. The summed E-state index contributed by atoms with van der Waals surface area (Å²) in [4.78, 5) is 4.52. The lowest BCUT2D eigenvalue weighted by Crippen LogP contribution is -2.02. The van der Waals surface area contributed by atoms with Crippen molar-refractivity contribution in [2.75, 3.05) is 12.5 Å². The summed E-state index contributed by atoms with van der Waals surface area (Å²) in [6.45, 7) is 2.03. The predicted molar refractivity (Wildman–Crippen MR) is 106 cm³/mol. The molecule has 0 unspecified atom stereocenters. The Hall–Kier alpha value is -2.88. The third kappa shape index (κ3) is 4.02. The lowest BCUT2D eigenvalue weighted by molar-refractivity contribution is 0.416. The van der Waals surface area contributed by atoms with Gasteiger partial charge in [0.25, 0.3) is 0 Å². The molecule has 0 atom stereocenters. The van der Waals surface area contributed by atoms with E-state index < -0.39 is 0 Å². The van der Waals surface area contributed by atoms with Gasteiger partial charge in [-0.2, -0.15) is 10.4 Å². The van der Waals surface area contributed by atoms with Gasteiger partial charge in [0.15, 0.2) is 10.7 Å². The first-order valence-electron chi connectivity index (χ1n) is 7.71. The molecule has 0 fully saturated rings. The number of methoxy groups -OCH3 is 1. The summed E-state index contributed by atoms with van der Waals surface area (Å²) < 4.78 is 5.26. The van der Waals surface area contributed by atoms with Gasteiger partial charge in [-0.1, -0.05) is 41.4 Å². The van der Waals surface area contributed by atoms with Gasteiger partial charge in [0.1, 0.15) is 11.8 Å². The lowest BCUT2D eigenvalue weighted by atomic mass is 10.1. The Kier molecular flexibility index (Phi) is 5.52. The topological polar surface area (TPSA) is 70.3 Å². The number of hydrogen-bond acceptors (Lipinski definition) is 6. The summed E-state index contributed by atoms with van der Waals surface area (Å²) in [7, 11) is 1.55. The van der Waals surface area contributed by atoms with E-state index in [9.17, 15) is 5.26 Å². The highest BCUT2D eigenvalue weighted by Gasteiger charge is 2.11. The quantitative estimate of drug-likeness (QED) is 0.491. The predicted octanol–water partition coefficient (Wildman–Crippen LogP) is 5.12. The first kappa shape index (κ1) is 17.9. The van der Waals surface area contributed by atoms with E-state index >= 15 is 0 Å². The number of nitrogens with one attached hydrogen (secondary N) is 1. The largest absolute Gasteiger partial charge is 0.495 e. The van der Waals surface area contributed by atoms with E-state index in [1.807, 2.05) is 36.6 Å². The van der Waals surface area contributed by atoms with E-state index in [2.05, 4.69) is 21.6 Å². The molecule has 0 aliphatic rings. The normalized spacial score (nSPS) is 11.1. The minimum absolute atomic E-state index is 0.190. The van der Waals surface area contributed by atoms with Gasteiger partial charge >= 0.3 is 0 Å². The number of thiazole rings is 1. The molecule has 0 saturated heterocycles. The highest BCUT2D eigenvalue weighted by molar-refractivity contribution is 7.12. The van der Waals surface area contributed by atoms with E-state index in [1.165, 1.54) is 16.9 Å². The molecule has 0 radical (unpaired) electrons. The molecule has 7 heteroatoms. The number of nitriles is 1. The molecule has 1 N–H and O–H groups in total. The van der Waals surface area contributed by atoms with Crippen LogP contribution < -0.4 is 10.2 Å². The van der Waals surface area contributed by atoms with Crippen LogP contribution in [0.1, 0.15) is 10.6 Å². The summed E-state index contributed by atoms with van der Waals surface area (Å²) in [5.74, 6) is 0.579. The third-order valence-corrected chi connectivity index (χ3v) is 4.69. The molecule has 0 saturated carbocycles. The molecule has 0 bridgehead atoms. The summed E-state index contributed by atoms with van der Waals surface area (Å²) in [6.07, 6.45) is 0. The van der Waals surface area contributed by atoms with Crippen LogP contribution in [0, 0.1) is 18.3 Å². The zero-order valence-corrected chi connectivity index (χ0v) is 15.7. The Morgan fingerprint density at radius 3 is 2.73 bits per heavy atom. The maximum absolute atomic E-state index is 9.44. The molecule has 3 aromatic rings. The fourth-order valence-corrected chi connectivity index (χ4v) is 3.18. The summed E-state index contributed by atoms with van der Waals surface area (Å²) in [6, 6.07) is 15.3. The van der Waals surface area contributed by atoms with Crippen LogP contribution in [-0.2, 0) is 0 Å². The number of nitrogens with zero attached hydrogens (tertiary/aromatic N) is 3. The van der Waals surface area contributed by atoms with Crippen LogP contribution in [-0.4, -0.2) is 17.8 Å². The third-order valence-electron chi connectivity index (χ3n) is 3.61. The van der Waals surface area contributed by atoms with Crippen molar-refractivity contribution in [1.82, 2.24) is 4.98 Å². The molecule has 3 rings (SSSR count). The zero-order valence-electron chi connectivity index (χ0n) is 14.2. The number of aryl methyl sites for hydroxylation is 1. The SMILES string of the molecule is COc1ccc(Cl)cc1N/N=C(\C#N)c1nc(-c2ccc(C)cc2)cs1. The average molecular weight is 383 g/mol. The van der Waals surface area contributed by atoms with Crippen LogP contribution in [0.2, 0.25) is 5.02 Å². The standard InChI is InChI=1S/C19H15ClN4OS/c1-12-3-5-13(6-4-12)17-11-26-19(22-17)16(10-21)24-23-15-9-14(20)7-8-18(15)25-2/h3-9,11,23H,1-2H3/b24-16+. The summed E-state index contributed by atoms with van der Waals surface area (Å²) in [5.41, 5.74) is 6.59. The number of ether oxygens (including phenoxy) is 1. The maximum atomic E-state index is 9.44. The molecule has 2 aromatic carbocycles. The van der Waals surface area contributed by atoms with Crippen molar-refractivity contribution in [3.63, 3.8) is 0 Å². The van der Waals surface area contributed by atoms with Crippen LogP contribution in [0.25, 0.3) is 11.3 Å². The van der Waals surface area contributed by atoms with Crippen molar-refractivity contribution in [2.24, 2.45) is 5.10 Å². The summed E-state index contributed by atoms with van der Waals surface area (Å²) >= 11 is 7.37. The number of benzene rings is 2. The van der Waals surface area contributed by atoms with Crippen molar-refractivity contribution < 1.29 is 4.74 Å². The van der Waals surface area contributed by atoms with Crippen LogP contribution in [0.5, 0.6) is 5.75 Å². The number of aromatic nitrogens is 1. The van der Waals surface area contributed by atoms with Gasteiger partial charge in [0.05, 0.1) is 18.5 Å². The molecule has 0 spiro atoms. The first-order chi connectivity index (χ1) is 12.6. The molecule has 0 amide bonds. The maximum Gasteiger partial charge on any atom is 0.196 e. The number of anilines is 1. The van der Waals surface area contributed by atoms with E-state index in [-0.39, 0.29) is 5.71 Å². The Bertz CT molecular complexity index is 990. The van der Waals surface area contributed by atoms with Crippen LogP contribution in [0.4, 0.5) is 5.69 Å². The van der Waals surface area contributed by atoms with E-state index in [4.69, 9.17) is 16.3 Å². The molecule has 130 valence electrons. The Labute approximate surface area is 160 Å². The van der Waals surface area contributed by atoms with Gasteiger partial charge in [-0.15, -0.1) is 11.3 Å². The smallest absolute Gasteiger partial charge is 0.196 e. The minimum Gasteiger partial charge on any atom is -0.495 e. The summed E-state index contributed by atoms with van der Waals surface area (Å²) in [5, 5.41) is 16.6. The molecule has 0 aliphatic carbocycles. The lowest BCUT2D eigenvalue weighted by Gasteiger charge is -2.07. The second-order valence-corrected chi connectivity index (χ2v) is 6.73. The van der Waals surface area contributed by atoms with E-state index in [0.717, 1.165) is 11.3 Å². The van der Waals surface area contributed by atoms with Crippen LogP contribution in [0.15, 0.2) is 52.9 Å². The molecule has 26 heavy (non-hydrogen) atoms. The Balaban J connectivity index is 1.86. The second kappa shape index (κ2) is 8.00. The van der Waals surface area contributed by atoms with E-state index in [1.54, 1.807) is 25.3 Å². The van der Waals surface area contributed by atoms with Gasteiger partial charge in [-0.05, 0) is 25.1 Å². The van der Waals surface area contributed by atoms with Gasteiger partial charge in [0, 0.05) is 16.0 Å². The van der Waals surface area contributed by atoms with Crippen molar-refractivity contribution in [3.05, 3.63) is 63.4 Å². The molecule has 0 aliphatic heterocycles. The van der Waals surface area contributed by atoms with Crippen molar-refractivity contribution >= 4 is 34.3 Å². The molecule has 1 heterocycles. The second-order valence-electron chi connectivity index (χ2n) is 5.43. The monoisotopic (exact) mass is 382 g/mol. The Morgan fingerprint density at radius 2 is 2.04 bits per heavy atom.